The van der Waals surface area contributed by atoms with Crippen molar-refractivity contribution in [3.63, 3.8) is 0 Å². The van der Waals surface area contributed by atoms with Crippen LogP contribution in [0.3, 0.4) is 0 Å². The van der Waals surface area contributed by atoms with Crippen molar-refractivity contribution in [2.75, 3.05) is 42.5 Å². The number of benzene rings is 2. The van der Waals surface area contributed by atoms with Gasteiger partial charge >= 0.3 is 0 Å². The van der Waals surface area contributed by atoms with E-state index in [0.29, 0.717) is 0 Å². The molecule has 0 amide bonds. The van der Waals surface area contributed by atoms with Crippen LogP contribution in [0.25, 0.3) is 0 Å². The molecule has 0 aliphatic carbocycles. The lowest BCUT2D eigenvalue weighted by Gasteiger charge is -2.35. The van der Waals surface area contributed by atoms with Crippen molar-refractivity contribution in [2.24, 2.45) is 0 Å². The predicted molar refractivity (Wildman–Crippen MR) is 120 cm³/mol. The first-order chi connectivity index (χ1) is 14.2. The van der Waals surface area contributed by atoms with Gasteiger partial charge in [-0.15, -0.1) is 0 Å². The van der Waals surface area contributed by atoms with E-state index in [1.165, 1.54) is 16.8 Å². The summed E-state index contributed by atoms with van der Waals surface area (Å²) in [6.45, 7) is 10.2. The maximum absolute atomic E-state index is 4.57. The lowest BCUT2D eigenvalue weighted by atomic mass is 10.2. The van der Waals surface area contributed by atoms with Crippen molar-refractivity contribution < 1.29 is 0 Å². The molecular formula is C24H29N5. The summed E-state index contributed by atoms with van der Waals surface area (Å²) >= 11 is 0. The fourth-order valence-corrected chi connectivity index (χ4v) is 3.91. The Labute approximate surface area is 173 Å². The van der Waals surface area contributed by atoms with Gasteiger partial charge in [-0.2, -0.15) is 0 Å². The molecule has 0 unspecified atom stereocenters. The van der Waals surface area contributed by atoms with Crippen LogP contribution < -0.4 is 9.80 Å². The number of hydrogen-bond acceptors (Lipinski definition) is 5. The first-order valence-corrected chi connectivity index (χ1v) is 10.4. The smallest absolute Gasteiger partial charge is 0.138 e. The topological polar surface area (TPSA) is 35.5 Å². The van der Waals surface area contributed by atoms with E-state index in [9.17, 15) is 0 Å². The van der Waals surface area contributed by atoms with E-state index in [1.807, 2.05) is 0 Å². The zero-order valence-corrected chi connectivity index (χ0v) is 17.3. The minimum absolute atomic E-state index is 0.866. The molecule has 1 fully saturated rings. The second kappa shape index (κ2) is 9.05. The summed E-state index contributed by atoms with van der Waals surface area (Å²) in [7, 11) is 0. The molecule has 0 bridgehead atoms. The standard InChI is InChI=1S/C24H29N5/c1-3-29(22-11-7-8-20(2)16-22)24-17-23(25-19-26-24)28-14-12-27(13-15-28)18-21-9-5-4-6-10-21/h4-11,16-17,19H,3,12-15,18H2,1-2H3. The van der Waals surface area contributed by atoms with Gasteiger partial charge in [-0.05, 0) is 37.1 Å². The summed E-state index contributed by atoms with van der Waals surface area (Å²) in [5, 5.41) is 0. The lowest BCUT2D eigenvalue weighted by Crippen LogP contribution is -2.46. The van der Waals surface area contributed by atoms with Crippen LogP contribution >= 0.6 is 0 Å². The molecule has 5 nitrogen and oxygen atoms in total. The molecule has 0 radical (unpaired) electrons. The Bertz CT molecular complexity index is 919. The molecular weight excluding hydrogens is 358 g/mol. The number of hydrogen-bond donors (Lipinski definition) is 0. The summed E-state index contributed by atoms with van der Waals surface area (Å²) in [6.07, 6.45) is 1.69. The van der Waals surface area contributed by atoms with Crippen LogP contribution in [0.1, 0.15) is 18.1 Å². The van der Waals surface area contributed by atoms with Gasteiger partial charge in [-0.25, -0.2) is 9.97 Å². The van der Waals surface area contributed by atoms with Crippen LogP contribution in [-0.2, 0) is 6.54 Å². The highest BCUT2D eigenvalue weighted by Gasteiger charge is 2.19. The third kappa shape index (κ3) is 4.74. The van der Waals surface area contributed by atoms with Crippen LogP contribution in [0.15, 0.2) is 67.0 Å². The Kier molecular flexibility index (Phi) is 6.06. The van der Waals surface area contributed by atoms with E-state index in [4.69, 9.17) is 0 Å². The predicted octanol–water partition coefficient (Wildman–Crippen LogP) is 4.27. The molecule has 5 heteroatoms. The third-order valence-corrected chi connectivity index (χ3v) is 5.49. The van der Waals surface area contributed by atoms with Gasteiger partial charge in [0.15, 0.2) is 0 Å². The fourth-order valence-electron chi connectivity index (χ4n) is 3.91. The van der Waals surface area contributed by atoms with E-state index < -0.39 is 0 Å². The molecule has 2 heterocycles. The van der Waals surface area contributed by atoms with Gasteiger partial charge in [0, 0.05) is 51.0 Å². The molecule has 1 aliphatic rings. The lowest BCUT2D eigenvalue weighted by molar-refractivity contribution is 0.249. The van der Waals surface area contributed by atoms with Crippen molar-refractivity contribution in [3.8, 4) is 0 Å². The SMILES string of the molecule is CCN(c1cccc(C)c1)c1cc(N2CCN(Cc3ccccc3)CC2)ncn1. The van der Waals surface area contributed by atoms with Gasteiger partial charge in [-0.3, -0.25) is 4.90 Å². The summed E-state index contributed by atoms with van der Waals surface area (Å²) in [5.41, 5.74) is 3.80. The van der Waals surface area contributed by atoms with Gasteiger partial charge in [0.05, 0.1) is 0 Å². The largest absolute Gasteiger partial charge is 0.354 e. The van der Waals surface area contributed by atoms with Crippen molar-refractivity contribution in [1.82, 2.24) is 14.9 Å². The van der Waals surface area contributed by atoms with Crippen LogP contribution in [0.5, 0.6) is 0 Å². The minimum Gasteiger partial charge on any atom is -0.354 e. The Morgan fingerprint density at radius 1 is 0.897 bits per heavy atom. The van der Waals surface area contributed by atoms with Gasteiger partial charge in [0.1, 0.15) is 18.0 Å². The molecule has 1 saturated heterocycles. The quantitative estimate of drug-likeness (QED) is 0.631. The summed E-state index contributed by atoms with van der Waals surface area (Å²) < 4.78 is 0. The molecule has 0 N–H and O–H groups in total. The van der Waals surface area contributed by atoms with Crippen molar-refractivity contribution in [2.45, 2.75) is 20.4 Å². The molecule has 150 valence electrons. The highest BCUT2D eigenvalue weighted by atomic mass is 15.3. The van der Waals surface area contributed by atoms with Crippen LogP contribution in [-0.4, -0.2) is 47.6 Å². The Morgan fingerprint density at radius 2 is 1.69 bits per heavy atom. The molecule has 29 heavy (non-hydrogen) atoms. The van der Waals surface area contributed by atoms with E-state index in [2.05, 4.69) is 99.2 Å². The van der Waals surface area contributed by atoms with Gasteiger partial charge in [0.2, 0.25) is 0 Å². The van der Waals surface area contributed by atoms with E-state index in [-0.39, 0.29) is 0 Å². The number of piperazine rings is 1. The van der Waals surface area contributed by atoms with Crippen LogP contribution in [0.4, 0.5) is 17.3 Å². The molecule has 1 aliphatic heterocycles. The Morgan fingerprint density at radius 3 is 2.41 bits per heavy atom. The van der Waals surface area contributed by atoms with Crippen molar-refractivity contribution in [3.05, 3.63) is 78.1 Å². The highest BCUT2D eigenvalue weighted by molar-refractivity contribution is 5.63. The number of anilines is 3. The maximum atomic E-state index is 4.57. The molecule has 0 saturated carbocycles. The summed E-state index contributed by atoms with van der Waals surface area (Å²) in [5.74, 6) is 1.97. The monoisotopic (exact) mass is 387 g/mol. The highest BCUT2D eigenvalue weighted by Crippen LogP contribution is 2.26. The first-order valence-electron chi connectivity index (χ1n) is 10.4. The zero-order chi connectivity index (χ0) is 20.1. The molecule has 2 aromatic carbocycles. The number of rotatable bonds is 6. The second-order valence-corrected chi connectivity index (χ2v) is 7.57. The fraction of sp³-hybridized carbons (Fsp3) is 0.333. The van der Waals surface area contributed by atoms with E-state index in [1.54, 1.807) is 6.33 Å². The van der Waals surface area contributed by atoms with Gasteiger partial charge in [-0.1, -0.05) is 42.5 Å². The normalized spacial score (nSPS) is 14.8. The van der Waals surface area contributed by atoms with Crippen LogP contribution in [0.2, 0.25) is 0 Å². The van der Waals surface area contributed by atoms with E-state index >= 15 is 0 Å². The zero-order valence-electron chi connectivity index (χ0n) is 17.3. The molecule has 0 atom stereocenters. The molecule has 3 aromatic rings. The summed E-state index contributed by atoms with van der Waals surface area (Å²) in [4.78, 5) is 16.3. The Hall–Kier alpha value is -2.92. The number of aromatic nitrogens is 2. The molecule has 4 rings (SSSR count). The van der Waals surface area contributed by atoms with E-state index in [0.717, 1.165) is 50.9 Å². The molecule has 1 aromatic heterocycles. The average molecular weight is 388 g/mol. The minimum atomic E-state index is 0.866. The average Bonchev–Trinajstić information content (AvgIpc) is 2.76. The Balaban J connectivity index is 1.44. The maximum Gasteiger partial charge on any atom is 0.138 e. The van der Waals surface area contributed by atoms with Gasteiger partial charge in [0.25, 0.3) is 0 Å². The number of aryl methyl sites for hydroxylation is 1. The third-order valence-electron chi connectivity index (χ3n) is 5.49. The first kappa shape index (κ1) is 19.4. The second-order valence-electron chi connectivity index (χ2n) is 7.57. The number of nitrogens with zero attached hydrogens (tertiary/aromatic N) is 5. The van der Waals surface area contributed by atoms with Crippen molar-refractivity contribution >= 4 is 17.3 Å². The van der Waals surface area contributed by atoms with Gasteiger partial charge < -0.3 is 9.80 Å². The molecule has 0 spiro atoms. The van der Waals surface area contributed by atoms with Crippen LogP contribution in [0, 0.1) is 6.92 Å². The van der Waals surface area contributed by atoms with Crippen molar-refractivity contribution in [1.29, 1.82) is 0 Å². The summed E-state index contributed by atoms with van der Waals surface area (Å²) in [6, 6.07) is 21.4.